The third-order valence-corrected chi connectivity index (χ3v) is 5.98. The van der Waals surface area contributed by atoms with Crippen molar-refractivity contribution in [3.63, 3.8) is 0 Å². The van der Waals surface area contributed by atoms with Crippen molar-refractivity contribution < 1.29 is 85.4 Å². The second-order valence-corrected chi connectivity index (χ2v) is 9.27. The molecule has 0 radical (unpaired) electrons. The predicted molar refractivity (Wildman–Crippen MR) is 140 cm³/mol. The number of hydrogen-bond acceptors (Lipinski definition) is 6. The van der Waals surface area contributed by atoms with E-state index in [2.05, 4.69) is 48.6 Å². The predicted octanol–water partition coefficient (Wildman–Crippen LogP) is -0.398. The smallest absolute Gasteiger partial charge is 0.784 e. The van der Waals surface area contributed by atoms with Gasteiger partial charge in [0.1, 0.15) is 10.1 Å². The molecule has 0 N–H and O–H groups in total. The van der Waals surface area contributed by atoms with E-state index >= 15 is 0 Å². The molecule has 0 atom stereocenters. The summed E-state index contributed by atoms with van der Waals surface area (Å²) in [6, 6.07) is 32.7. The maximum absolute atomic E-state index is 11.4. The van der Waals surface area contributed by atoms with E-state index in [1.165, 1.54) is 6.07 Å². The molecular formula is C28H21Na2O6S2-. The molecule has 184 valence electrons. The van der Waals surface area contributed by atoms with Gasteiger partial charge in [0.05, 0.1) is 4.90 Å². The van der Waals surface area contributed by atoms with E-state index in [0.717, 1.165) is 27.8 Å². The topological polar surface area (TPSA) is 120 Å². The van der Waals surface area contributed by atoms with Gasteiger partial charge in [0.2, 0.25) is 0 Å². The molecule has 0 aromatic heterocycles. The molecule has 0 fully saturated rings. The van der Waals surface area contributed by atoms with Gasteiger partial charge >= 0.3 is 59.1 Å². The van der Waals surface area contributed by atoms with Crippen LogP contribution in [0.5, 0.6) is 0 Å². The number of rotatable bonds is 6. The standard InChI is InChI=1S/C28H22O3S.2Na.H2O3S/c29-32(30,31)28-9-5-4-8-27(28)21-16-24-14-19-26(20-15-24)25-17-12-23(13-18-25)11-10-22-6-2-1-3-7-22;;;1-4(2)3/h1-21H,(H,29,30,31);;;(H2,1,2,3)/q;2*+1;/p-3. The zero-order valence-corrected chi connectivity index (χ0v) is 26.5. The van der Waals surface area contributed by atoms with E-state index in [1.807, 2.05) is 42.5 Å². The normalized spacial score (nSPS) is 10.9. The fourth-order valence-electron chi connectivity index (χ4n) is 3.36. The van der Waals surface area contributed by atoms with Crippen LogP contribution in [0.3, 0.4) is 0 Å². The molecule has 0 heterocycles. The maximum Gasteiger partial charge on any atom is 1.00 e. The van der Waals surface area contributed by atoms with Crippen molar-refractivity contribution in [3.05, 3.63) is 125 Å². The molecule has 0 saturated heterocycles. The quantitative estimate of drug-likeness (QED) is 0.136. The van der Waals surface area contributed by atoms with Crippen LogP contribution in [0.15, 0.2) is 108 Å². The molecule has 4 rings (SSSR count). The summed E-state index contributed by atoms with van der Waals surface area (Å²) in [5.74, 6) is 0. The second kappa shape index (κ2) is 17.1. The first-order valence-electron chi connectivity index (χ1n) is 10.7. The average molecular weight is 564 g/mol. The first kappa shape index (κ1) is 34.4. The largest absolute Gasteiger partial charge is 1.00 e. The van der Waals surface area contributed by atoms with Crippen molar-refractivity contribution in [2.24, 2.45) is 0 Å². The Morgan fingerprint density at radius 1 is 0.553 bits per heavy atom. The summed E-state index contributed by atoms with van der Waals surface area (Å²) in [4.78, 5) is -0.214. The molecule has 4 aromatic rings. The Labute approximate surface area is 270 Å². The Kier molecular flexibility index (Phi) is 15.5. The van der Waals surface area contributed by atoms with Gasteiger partial charge in [-0.1, -0.05) is 121 Å². The molecule has 0 aliphatic heterocycles. The SMILES string of the molecule is O=S(=O)([O-])c1ccccc1C=Cc1ccc(-c2ccc(C=Cc3ccccc3)cc2)cc1.O=S([O-])[O-].[Na+].[Na+]. The van der Waals surface area contributed by atoms with Gasteiger partial charge in [-0.25, -0.2) is 8.42 Å². The van der Waals surface area contributed by atoms with Gasteiger partial charge in [-0.05, 0) is 39.4 Å². The van der Waals surface area contributed by atoms with Gasteiger partial charge in [0, 0.05) is 0 Å². The first-order chi connectivity index (χ1) is 17.2. The zero-order chi connectivity index (χ0) is 26.0. The number of benzene rings is 4. The van der Waals surface area contributed by atoms with Crippen molar-refractivity contribution in [1.82, 2.24) is 0 Å². The molecule has 10 heteroatoms. The minimum absolute atomic E-state index is 0. The van der Waals surface area contributed by atoms with E-state index < -0.39 is 21.5 Å². The van der Waals surface area contributed by atoms with Crippen molar-refractivity contribution >= 4 is 45.8 Å². The zero-order valence-electron chi connectivity index (χ0n) is 20.9. The molecule has 0 aliphatic carbocycles. The van der Waals surface area contributed by atoms with E-state index in [1.54, 1.807) is 30.4 Å². The second-order valence-electron chi connectivity index (χ2n) is 7.52. The van der Waals surface area contributed by atoms with Crippen LogP contribution in [-0.4, -0.2) is 26.3 Å². The molecule has 6 nitrogen and oxygen atoms in total. The van der Waals surface area contributed by atoms with Crippen LogP contribution in [0.1, 0.15) is 22.3 Å². The Balaban J connectivity index is 0.00000113. The van der Waals surface area contributed by atoms with Crippen molar-refractivity contribution in [2.45, 2.75) is 4.90 Å². The Bertz CT molecular complexity index is 1470. The van der Waals surface area contributed by atoms with Gasteiger partial charge in [-0.15, -0.1) is 11.4 Å². The molecular weight excluding hydrogens is 542 g/mol. The number of hydrogen-bond donors (Lipinski definition) is 0. The van der Waals surface area contributed by atoms with Crippen LogP contribution in [0.4, 0.5) is 0 Å². The summed E-state index contributed by atoms with van der Waals surface area (Å²) in [5.41, 5.74) is 5.78. The van der Waals surface area contributed by atoms with Crippen molar-refractivity contribution in [3.8, 4) is 11.1 Å². The summed E-state index contributed by atoms with van der Waals surface area (Å²) in [7, 11) is -4.51. The van der Waals surface area contributed by atoms with E-state index in [9.17, 15) is 13.0 Å². The van der Waals surface area contributed by atoms with Crippen LogP contribution < -0.4 is 59.1 Å². The van der Waals surface area contributed by atoms with Crippen LogP contribution in [-0.2, 0) is 21.5 Å². The van der Waals surface area contributed by atoms with Gasteiger partial charge in [0.25, 0.3) is 0 Å². The molecule has 0 saturated carbocycles. The Hall–Kier alpha value is -1.66. The first-order valence-corrected chi connectivity index (χ1v) is 13.1. The molecule has 38 heavy (non-hydrogen) atoms. The van der Waals surface area contributed by atoms with Gasteiger partial charge in [-0.3, -0.25) is 4.21 Å². The Morgan fingerprint density at radius 2 is 0.921 bits per heavy atom. The average Bonchev–Trinajstić information content (AvgIpc) is 2.87. The van der Waals surface area contributed by atoms with Gasteiger partial charge in [-0.2, -0.15) is 0 Å². The van der Waals surface area contributed by atoms with Gasteiger partial charge < -0.3 is 13.7 Å². The van der Waals surface area contributed by atoms with Crippen molar-refractivity contribution in [1.29, 1.82) is 0 Å². The van der Waals surface area contributed by atoms with Crippen molar-refractivity contribution in [2.75, 3.05) is 0 Å². The maximum atomic E-state index is 11.4. The van der Waals surface area contributed by atoms with E-state index in [4.69, 9.17) is 13.3 Å². The summed E-state index contributed by atoms with van der Waals surface area (Å²) in [6.45, 7) is 0. The molecule has 0 unspecified atom stereocenters. The molecule has 0 bridgehead atoms. The fourth-order valence-corrected chi connectivity index (χ4v) is 4.03. The minimum Gasteiger partial charge on any atom is -0.784 e. The van der Waals surface area contributed by atoms with E-state index in [0.29, 0.717) is 5.56 Å². The summed E-state index contributed by atoms with van der Waals surface area (Å²) in [6.07, 6.45) is 7.62. The van der Waals surface area contributed by atoms with Crippen LogP contribution >= 0.6 is 0 Å². The monoisotopic (exact) mass is 563 g/mol. The third-order valence-electron chi connectivity index (χ3n) is 5.07. The van der Waals surface area contributed by atoms with Crippen LogP contribution in [0, 0.1) is 0 Å². The molecule has 0 spiro atoms. The molecule has 0 amide bonds. The fraction of sp³-hybridized carbons (Fsp3) is 0. The van der Waals surface area contributed by atoms with Crippen LogP contribution in [0.2, 0.25) is 0 Å². The molecule has 4 aromatic carbocycles. The third kappa shape index (κ3) is 11.6. The summed E-state index contributed by atoms with van der Waals surface area (Å²) >= 11 is -3.11. The Morgan fingerprint density at radius 3 is 1.37 bits per heavy atom. The summed E-state index contributed by atoms with van der Waals surface area (Å²) in [5, 5.41) is 0. The van der Waals surface area contributed by atoms with Crippen LogP contribution in [0.25, 0.3) is 35.4 Å². The van der Waals surface area contributed by atoms with Gasteiger partial charge in [0.15, 0.2) is 0 Å². The minimum atomic E-state index is -4.51. The summed E-state index contributed by atoms with van der Waals surface area (Å²) < 4.78 is 59.6. The van der Waals surface area contributed by atoms with E-state index in [-0.39, 0.29) is 64.0 Å². The molecule has 0 aliphatic rings.